The first-order chi connectivity index (χ1) is 4.61. The predicted octanol–water partition coefficient (Wildman–Crippen LogP) is 0.0171. The minimum absolute atomic E-state index is 0. The van der Waals surface area contributed by atoms with Gasteiger partial charge in [-0.3, -0.25) is 4.55 Å². The summed E-state index contributed by atoms with van der Waals surface area (Å²) < 4.78 is 29.2. The van der Waals surface area contributed by atoms with Gasteiger partial charge in [-0.15, -0.1) is 0 Å². The van der Waals surface area contributed by atoms with Crippen LogP contribution in [0.5, 0.6) is 0 Å². The summed E-state index contributed by atoms with van der Waals surface area (Å²) in [5, 5.41) is 0. The number of rotatable bonds is 1. The smallest absolute Gasteiger partial charge is 0.282 e. The second kappa shape index (κ2) is 4.06. The van der Waals surface area contributed by atoms with Crippen LogP contribution in [0.15, 0.2) is 35.2 Å². The van der Waals surface area contributed by atoms with Crippen molar-refractivity contribution in [1.82, 2.24) is 0 Å². The van der Waals surface area contributed by atoms with Gasteiger partial charge in [0.2, 0.25) is 0 Å². The van der Waals surface area contributed by atoms with Gasteiger partial charge in [-0.1, -0.05) is 18.2 Å². The van der Waals surface area contributed by atoms with Gasteiger partial charge in [0, 0.05) is 0 Å². The summed E-state index contributed by atoms with van der Waals surface area (Å²) >= 11 is 0. The molecule has 0 bridgehead atoms. The Labute approximate surface area is 81.3 Å². The van der Waals surface area contributed by atoms with Crippen molar-refractivity contribution < 1.29 is 13.0 Å². The molecule has 0 saturated heterocycles. The van der Waals surface area contributed by atoms with Crippen LogP contribution < -0.4 is 0 Å². The molecule has 0 unspecified atom stereocenters. The first kappa shape index (κ1) is 10.9. The molecule has 3 nitrogen and oxygen atoms in total. The molecule has 0 aliphatic rings. The number of benzene rings is 1. The molecule has 0 fully saturated rings. The lowest BCUT2D eigenvalue weighted by Crippen LogP contribution is -1.96. The lowest BCUT2D eigenvalue weighted by molar-refractivity contribution is 0.483. The average molecular weight is 184 g/mol. The molecule has 0 saturated carbocycles. The van der Waals surface area contributed by atoms with Gasteiger partial charge in [-0.2, -0.15) is 8.42 Å². The van der Waals surface area contributed by atoms with Crippen molar-refractivity contribution in [3.63, 3.8) is 0 Å². The fourth-order valence-electron chi connectivity index (χ4n) is 0.592. The Kier molecular flexibility index (Phi) is 4.02. The maximum atomic E-state index is 10.4. The Morgan fingerprint density at radius 2 is 1.55 bits per heavy atom. The van der Waals surface area contributed by atoms with Crippen LogP contribution in [0, 0.1) is 0 Å². The Morgan fingerprint density at radius 1 is 1.09 bits per heavy atom. The fourth-order valence-corrected chi connectivity index (χ4v) is 1.09. The van der Waals surface area contributed by atoms with Gasteiger partial charge in [0.05, 0.1) is 4.90 Å². The van der Waals surface area contributed by atoms with Gasteiger partial charge in [0.25, 0.3) is 10.1 Å². The maximum absolute atomic E-state index is 10.4. The van der Waals surface area contributed by atoms with E-state index in [1.54, 1.807) is 18.2 Å². The average Bonchev–Trinajstić information content (AvgIpc) is 1.88. The third-order valence-electron chi connectivity index (χ3n) is 1.04. The first-order valence-corrected chi connectivity index (χ1v) is 4.07. The highest BCUT2D eigenvalue weighted by molar-refractivity contribution is 7.85. The molecule has 0 aromatic heterocycles. The number of hydrogen-bond donors (Lipinski definition) is 1. The molecule has 1 aromatic rings. The standard InChI is InChI=1S/C6H6O3S.Mg.2H/c7-10(8,9)6-4-2-1-3-5-6;;;/h1-5H,(H,7,8,9);;;. The highest BCUT2D eigenvalue weighted by Crippen LogP contribution is 2.05. The molecule has 11 heavy (non-hydrogen) atoms. The van der Waals surface area contributed by atoms with E-state index in [9.17, 15) is 8.42 Å². The van der Waals surface area contributed by atoms with E-state index in [1.165, 1.54) is 12.1 Å². The van der Waals surface area contributed by atoms with Gasteiger partial charge < -0.3 is 0 Å². The molecule has 0 aliphatic heterocycles. The summed E-state index contributed by atoms with van der Waals surface area (Å²) in [5.74, 6) is 0. The van der Waals surface area contributed by atoms with Crippen LogP contribution in [-0.4, -0.2) is 36.0 Å². The molecule has 0 spiro atoms. The van der Waals surface area contributed by atoms with Crippen molar-refractivity contribution in [2.45, 2.75) is 4.90 Å². The lowest BCUT2D eigenvalue weighted by Gasteiger charge is -1.92. The van der Waals surface area contributed by atoms with Crippen LogP contribution >= 0.6 is 0 Å². The minimum atomic E-state index is -4.00. The quantitative estimate of drug-likeness (QED) is 0.494. The zero-order chi connectivity index (χ0) is 7.61. The first-order valence-electron chi connectivity index (χ1n) is 2.63. The molecular weight excluding hydrogens is 176 g/mol. The summed E-state index contributed by atoms with van der Waals surface area (Å²) in [7, 11) is -4.00. The molecule has 1 N–H and O–H groups in total. The molecule has 0 radical (unpaired) electrons. The summed E-state index contributed by atoms with van der Waals surface area (Å²) in [6, 6.07) is 7.42. The maximum Gasteiger partial charge on any atom is 0.316 e. The second-order valence-corrected chi connectivity index (χ2v) is 3.21. The normalized spacial score (nSPS) is 10.3. The van der Waals surface area contributed by atoms with E-state index in [4.69, 9.17) is 4.55 Å². The van der Waals surface area contributed by atoms with Gasteiger partial charge in [0.15, 0.2) is 0 Å². The summed E-state index contributed by atoms with van der Waals surface area (Å²) in [6.45, 7) is 0. The molecule has 0 amide bonds. The topological polar surface area (TPSA) is 54.4 Å². The van der Waals surface area contributed by atoms with E-state index in [1.807, 2.05) is 0 Å². The molecule has 0 aliphatic carbocycles. The van der Waals surface area contributed by atoms with Crippen molar-refractivity contribution in [1.29, 1.82) is 0 Å². The molecule has 0 heterocycles. The van der Waals surface area contributed by atoms with Crippen molar-refractivity contribution in [2.75, 3.05) is 0 Å². The van der Waals surface area contributed by atoms with Crippen LogP contribution in [0.2, 0.25) is 0 Å². The molecule has 58 valence electrons. The molecule has 1 rings (SSSR count). The Balaban J connectivity index is 0.000001000. The van der Waals surface area contributed by atoms with Crippen molar-refractivity contribution in [3.05, 3.63) is 30.3 Å². The lowest BCUT2D eigenvalue weighted by atomic mass is 10.4. The van der Waals surface area contributed by atoms with Crippen molar-refractivity contribution in [3.8, 4) is 0 Å². The van der Waals surface area contributed by atoms with Crippen LogP contribution in [0.3, 0.4) is 0 Å². The minimum Gasteiger partial charge on any atom is -0.282 e. The van der Waals surface area contributed by atoms with Crippen LogP contribution in [-0.2, 0) is 10.1 Å². The van der Waals surface area contributed by atoms with Crippen LogP contribution in [0.1, 0.15) is 0 Å². The van der Waals surface area contributed by atoms with E-state index >= 15 is 0 Å². The second-order valence-electron chi connectivity index (χ2n) is 1.79. The van der Waals surface area contributed by atoms with E-state index in [-0.39, 0.29) is 27.9 Å². The van der Waals surface area contributed by atoms with Gasteiger partial charge in [-0.05, 0) is 12.1 Å². The Bertz CT molecular complexity index is 306. The SMILES string of the molecule is O=S(=O)(O)c1ccccc1.[MgH2]. The highest BCUT2D eigenvalue weighted by atomic mass is 32.2. The molecule has 5 heteroatoms. The van der Waals surface area contributed by atoms with E-state index in [0.717, 1.165) is 0 Å². The Hall–Kier alpha value is -0.104. The predicted molar refractivity (Wildman–Crippen MR) is 44.8 cm³/mol. The van der Waals surface area contributed by atoms with E-state index in [0.29, 0.717) is 0 Å². The van der Waals surface area contributed by atoms with Gasteiger partial charge in [-0.25, -0.2) is 0 Å². The summed E-state index contributed by atoms with van der Waals surface area (Å²) in [4.78, 5) is -0.0741. The van der Waals surface area contributed by atoms with Crippen LogP contribution in [0.4, 0.5) is 0 Å². The zero-order valence-corrected chi connectivity index (χ0v) is 5.88. The van der Waals surface area contributed by atoms with Crippen molar-refractivity contribution >= 4 is 33.2 Å². The molecular formula is C6H8MgO3S. The zero-order valence-electron chi connectivity index (χ0n) is 5.06. The number of hydrogen-bond acceptors (Lipinski definition) is 2. The van der Waals surface area contributed by atoms with Crippen LogP contribution in [0.25, 0.3) is 0 Å². The van der Waals surface area contributed by atoms with Gasteiger partial charge >= 0.3 is 23.1 Å². The van der Waals surface area contributed by atoms with Crippen molar-refractivity contribution in [2.24, 2.45) is 0 Å². The Morgan fingerprint density at radius 3 is 1.82 bits per heavy atom. The largest absolute Gasteiger partial charge is 0.316 e. The molecule has 0 atom stereocenters. The molecule has 1 aromatic carbocycles. The fraction of sp³-hybridized carbons (Fsp3) is 0. The monoisotopic (exact) mass is 184 g/mol. The third-order valence-corrected chi connectivity index (χ3v) is 1.91. The highest BCUT2D eigenvalue weighted by Gasteiger charge is 2.05. The van der Waals surface area contributed by atoms with Gasteiger partial charge in [0.1, 0.15) is 0 Å². The van der Waals surface area contributed by atoms with E-state index < -0.39 is 10.1 Å². The third kappa shape index (κ3) is 3.20. The summed E-state index contributed by atoms with van der Waals surface area (Å²) in [6.07, 6.45) is 0. The van der Waals surface area contributed by atoms with E-state index in [2.05, 4.69) is 0 Å². The summed E-state index contributed by atoms with van der Waals surface area (Å²) in [5.41, 5.74) is 0.